The van der Waals surface area contributed by atoms with Gasteiger partial charge in [-0.15, -0.1) is 0 Å². The molecule has 0 amide bonds. The number of fused-ring (bicyclic) bond motifs is 2. The summed E-state index contributed by atoms with van der Waals surface area (Å²) in [6, 6.07) is 0.923. The zero-order chi connectivity index (χ0) is 11.7. The summed E-state index contributed by atoms with van der Waals surface area (Å²) in [6.45, 7) is 3.61. The molecule has 2 N–H and O–H groups in total. The number of hydrogen-bond donors (Lipinski definition) is 1. The zero-order valence-corrected chi connectivity index (χ0v) is 11.2. The Morgan fingerprint density at radius 3 is 2.35 bits per heavy atom. The van der Waals surface area contributed by atoms with Crippen molar-refractivity contribution in [3.05, 3.63) is 0 Å². The van der Waals surface area contributed by atoms with E-state index in [1.807, 2.05) is 0 Å². The highest BCUT2D eigenvalue weighted by molar-refractivity contribution is 4.96. The summed E-state index contributed by atoms with van der Waals surface area (Å²) in [7, 11) is 0. The van der Waals surface area contributed by atoms with E-state index in [0.29, 0.717) is 5.41 Å². The summed E-state index contributed by atoms with van der Waals surface area (Å²) in [6.07, 6.45) is 12.9. The van der Waals surface area contributed by atoms with Gasteiger partial charge in [-0.05, 0) is 50.0 Å². The van der Waals surface area contributed by atoms with Crippen molar-refractivity contribution in [1.82, 2.24) is 4.90 Å². The molecular weight excluding hydrogens is 208 g/mol. The van der Waals surface area contributed by atoms with E-state index in [-0.39, 0.29) is 0 Å². The summed E-state index contributed by atoms with van der Waals surface area (Å²) in [5, 5.41) is 0. The first-order valence-electron chi connectivity index (χ1n) is 7.75. The van der Waals surface area contributed by atoms with Crippen LogP contribution in [0.4, 0.5) is 0 Å². The number of rotatable bonds is 3. The van der Waals surface area contributed by atoms with Gasteiger partial charge in [0.15, 0.2) is 0 Å². The van der Waals surface area contributed by atoms with Crippen LogP contribution >= 0.6 is 0 Å². The first-order chi connectivity index (χ1) is 8.31. The smallest absolute Gasteiger partial charge is 0.00988 e. The van der Waals surface area contributed by atoms with Gasteiger partial charge in [-0.2, -0.15) is 0 Å². The Hall–Kier alpha value is -0.0800. The molecule has 2 saturated carbocycles. The lowest BCUT2D eigenvalue weighted by Gasteiger charge is -2.39. The molecule has 0 spiro atoms. The monoisotopic (exact) mass is 236 g/mol. The van der Waals surface area contributed by atoms with Crippen LogP contribution in [0.25, 0.3) is 0 Å². The topological polar surface area (TPSA) is 29.3 Å². The van der Waals surface area contributed by atoms with Gasteiger partial charge in [0, 0.05) is 19.1 Å². The van der Waals surface area contributed by atoms with Gasteiger partial charge in [0.1, 0.15) is 0 Å². The van der Waals surface area contributed by atoms with Gasteiger partial charge in [-0.1, -0.05) is 25.7 Å². The second kappa shape index (κ2) is 4.89. The van der Waals surface area contributed by atoms with Crippen LogP contribution in [-0.2, 0) is 0 Å². The van der Waals surface area contributed by atoms with Crippen molar-refractivity contribution in [1.29, 1.82) is 0 Å². The molecule has 1 saturated heterocycles. The number of nitrogens with zero attached hydrogens (tertiary/aromatic N) is 1. The molecule has 98 valence electrons. The van der Waals surface area contributed by atoms with E-state index >= 15 is 0 Å². The lowest BCUT2D eigenvalue weighted by Crippen LogP contribution is -2.45. The van der Waals surface area contributed by atoms with Gasteiger partial charge < -0.3 is 5.73 Å². The maximum absolute atomic E-state index is 6.16. The summed E-state index contributed by atoms with van der Waals surface area (Å²) < 4.78 is 0. The molecule has 0 aromatic rings. The summed E-state index contributed by atoms with van der Waals surface area (Å²) in [5.74, 6) is 1.03. The third kappa shape index (κ3) is 2.39. The third-order valence-electron chi connectivity index (χ3n) is 5.66. The number of piperidine rings is 1. The zero-order valence-electron chi connectivity index (χ0n) is 11.2. The molecule has 2 aliphatic carbocycles. The lowest BCUT2D eigenvalue weighted by molar-refractivity contribution is 0.109. The van der Waals surface area contributed by atoms with Gasteiger partial charge in [-0.25, -0.2) is 0 Å². The average molecular weight is 236 g/mol. The fraction of sp³-hybridized carbons (Fsp3) is 1.00. The molecule has 1 heterocycles. The molecule has 3 rings (SSSR count). The van der Waals surface area contributed by atoms with E-state index in [1.54, 1.807) is 0 Å². The van der Waals surface area contributed by atoms with Crippen LogP contribution < -0.4 is 5.73 Å². The molecule has 2 unspecified atom stereocenters. The van der Waals surface area contributed by atoms with Crippen LogP contribution in [-0.4, -0.2) is 30.6 Å². The number of hydrogen-bond acceptors (Lipinski definition) is 2. The maximum atomic E-state index is 6.16. The minimum absolute atomic E-state index is 0.473. The highest BCUT2D eigenvalue weighted by atomic mass is 15.2. The highest BCUT2D eigenvalue weighted by Crippen LogP contribution is 2.42. The average Bonchev–Trinajstić information content (AvgIpc) is 2.87. The standard InChI is InChI=1S/C15H28N2/c16-11-15(7-3-1-2-4-8-15)12-17-10-13-5-6-14(17)9-13/h13-14H,1-12,16H2. The Morgan fingerprint density at radius 1 is 1.06 bits per heavy atom. The Bertz CT molecular complexity index is 256. The molecule has 0 aromatic carbocycles. The normalized spacial score (nSPS) is 37.2. The van der Waals surface area contributed by atoms with Gasteiger partial charge in [-0.3, -0.25) is 4.90 Å². The van der Waals surface area contributed by atoms with Crippen molar-refractivity contribution >= 4 is 0 Å². The summed E-state index contributed by atoms with van der Waals surface area (Å²) >= 11 is 0. The van der Waals surface area contributed by atoms with Gasteiger partial charge in [0.25, 0.3) is 0 Å². The van der Waals surface area contributed by atoms with Crippen LogP contribution in [0.5, 0.6) is 0 Å². The van der Waals surface area contributed by atoms with E-state index in [0.717, 1.165) is 18.5 Å². The quantitative estimate of drug-likeness (QED) is 0.764. The van der Waals surface area contributed by atoms with Crippen LogP contribution in [0.3, 0.4) is 0 Å². The molecule has 2 bridgehead atoms. The van der Waals surface area contributed by atoms with Crippen LogP contribution in [0.2, 0.25) is 0 Å². The van der Waals surface area contributed by atoms with E-state index in [2.05, 4.69) is 4.90 Å². The van der Waals surface area contributed by atoms with Crippen molar-refractivity contribution < 1.29 is 0 Å². The predicted octanol–water partition coefficient (Wildman–Crippen LogP) is 2.77. The first kappa shape index (κ1) is 12.0. The van der Waals surface area contributed by atoms with E-state index < -0.39 is 0 Å². The minimum atomic E-state index is 0.473. The largest absolute Gasteiger partial charge is 0.330 e. The molecule has 1 aliphatic heterocycles. The summed E-state index contributed by atoms with van der Waals surface area (Å²) in [4.78, 5) is 2.80. The molecule has 2 heteroatoms. The molecule has 2 nitrogen and oxygen atoms in total. The van der Waals surface area contributed by atoms with E-state index in [4.69, 9.17) is 5.73 Å². The van der Waals surface area contributed by atoms with Crippen LogP contribution in [0.1, 0.15) is 57.8 Å². The predicted molar refractivity (Wildman–Crippen MR) is 71.9 cm³/mol. The lowest BCUT2D eigenvalue weighted by atomic mass is 9.79. The van der Waals surface area contributed by atoms with Crippen molar-refractivity contribution in [3.63, 3.8) is 0 Å². The maximum Gasteiger partial charge on any atom is 0.00988 e. The Kier molecular flexibility index (Phi) is 3.45. The molecule has 3 fully saturated rings. The van der Waals surface area contributed by atoms with Crippen molar-refractivity contribution in [3.8, 4) is 0 Å². The Labute approximate surface area is 106 Å². The fourth-order valence-corrected chi connectivity index (χ4v) is 4.56. The van der Waals surface area contributed by atoms with Gasteiger partial charge in [0.2, 0.25) is 0 Å². The molecule has 17 heavy (non-hydrogen) atoms. The van der Waals surface area contributed by atoms with Crippen LogP contribution in [0.15, 0.2) is 0 Å². The van der Waals surface area contributed by atoms with Crippen molar-refractivity contribution in [2.45, 2.75) is 63.8 Å². The second-order valence-corrected chi connectivity index (χ2v) is 6.88. The Balaban J connectivity index is 1.64. The fourth-order valence-electron chi connectivity index (χ4n) is 4.56. The highest BCUT2D eigenvalue weighted by Gasteiger charge is 2.41. The molecular formula is C15H28N2. The number of nitrogens with two attached hydrogens (primary N) is 1. The van der Waals surface area contributed by atoms with Crippen molar-refractivity contribution in [2.75, 3.05) is 19.6 Å². The summed E-state index contributed by atoms with van der Waals surface area (Å²) in [5.41, 5.74) is 6.63. The SMILES string of the molecule is NCC1(CN2CC3CCC2C3)CCCCCC1. The second-order valence-electron chi connectivity index (χ2n) is 6.88. The van der Waals surface area contributed by atoms with Gasteiger partial charge in [0.05, 0.1) is 0 Å². The molecule has 2 atom stereocenters. The first-order valence-corrected chi connectivity index (χ1v) is 7.75. The molecule has 3 aliphatic rings. The van der Waals surface area contributed by atoms with Gasteiger partial charge >= 0.3 is 0 Å². The van der Waals surface area contributed by atoms with Crippen LogP contribution in [0, 0.1) is 11.3 Å². The molecule has 0 radical (unpaired) electrons. The Morgan fingerprint density at radius 2 is 1.82 bits per heavy atom. The van der Waals surface area contributed by atoms with E-state index in [1.165, 1.54) is 70.9 Å². The minimum Gasteiger partial charge on any atom is -0.330 e. The third-order valence-corrected chi connectivity index (χ3v) is 5.66. The van der Waals surface area contributed by atoms with E-state index in [9.17, 15) is 0 Å². The molecule has 0 aromatic heterocycles. The van der Waals surface area contributed by atoms with Crippen molar-refractivity contribution in [2.24, 2.45) is 17.1 Å². The number of likely N-dealkylation sites (tertiary alicyclic amines) is 1.